The van der Waals surface area contributed by atoms with E-state index in [-0.39, 0.29) is 19.6 Å². The van der Waals surface area contributed by atoms with E-state index in [0.29, 0.717) is 0 Å². The van der Waals surface area contributed by atoms with Crippen LogP contribution in [0.25, 0.3) is 23.0 Å². The molecule has 2 spiro atoms. The van der Waals surface area contributed by atoms with Gasteiger partial charge in [0.05, 0.1) is 72.5 Å². The normalized spacial score (nSPS) is 14.5. The van der Waals surface area contributed by atoms with Gasteiger partial charge in [0, 0.05) is 45.4 Å². The largest absolute Gasteiger partial charge is 0.461 e. The number of fused-ring (bicyclic) bond motifs is 18. The van der Waals surface area contributed by atoms with E-state index in [1.54, 1.807) is 110 Å². The molecule has 7 aromatic carbocycles. The van der Waals surface area contributed by atoms with E-state index in [1.807, 2.05) is 84.9 Å². The van der Waals surface area contributed by atoms with Gasteiger partial charge in [0.1, 0.15) is 5.82 Å². The summed E-state index contributed by atoms with van der Waals surface area (Å²) in [4.78, 5) is 10.2. The van der Waals surface area contributed by atoms with Crippen molar-refractivity contribution in [3.8, 4) is 23.0 Å². The van der Waals surface area contributed by atoms with Crippen molar-refractivity contribution < 1.29 is 34.5 Å². The Balaban J connectivity index is 0.000000136. The van der Waals surface area contributed by atoms with E-state index in [2.05, 4.69) is 64.4 Å². The second-order valence-corrected chi connectivity index (χ2v) is 23.3. The number of aromatic nitrogens is 1. The molecule has 0 amide bonds. The minimum Gasteiger partial charge on any atom is -0.461 e. The standard InChI is InChI=1S/C33H21NO4S.C32H20N2O4S/c35-39(36,23-8-2-1-3-9-23)24-16-14-22(15-17-24)34-29-12-6-4-10-25(29)33(26-11-5-7-13-30(26)34)27-18-20-37-31(27)32-28(33)19-21-38-32;35-39(36,22-7-2-1-3-8-22)23-14-12-21(13-15-23)34-28-11-5-4-9-24(28)32(27-10-6-18-33-31(27)34)25-16-19-37-29(25)30-26(32)17-20-38-30/h1-21H;1-20H. The summed E-state index contributed by atoms with van der Waals surface area (Å²) in [5, 5.41) is 0. The lowest BCUT2D eigenvalue weighted by Crippen LogP contribution is -2.36. The fourth-order valence-electron chi connectivity index (χ4n) is 12.5. The van der Waals surface area contributed by atoms with Gasteiger partial charge in [-0.05, 0) is 138 Å². The van der Waals surface area contributed by atoms with E-state index in [4.69, 9.17) is 22.7 Å². The van der Waals surface area contributed by atoms with Crippen LogP contribution in [0.1, 0.15) is 44.5 Å². The van der Waals surface area contributed by atoms with Gasteiger partial charge in [-0.2, -0.15) is 0 Å². The maximum absolute atomic E-state index is 13.2. The maximum atomic E-state index is 13.2. The van der Waals surface area contributed by atoms with Gasteiger partial charge in [0.15, 0.2) is 23.0 Å². The molecule has 12 aromatic rings. The molecule has 11 nitrogen and oxygen atoms in total. The summed E-state index contributed by atoms with van der Waals surface area (Å²) >= 11 is 0. The summed E-state index contributed by atoms with van der Waals surface area (Å²) < 4.78 is 76.7. The minimum absolute atomic E-state index is 0.238. The fourth-order valence-corrected chi connectivity index (χ4v) is 15.1. The number of rotatable bonds is 6. The first kappa shape index (κ1) is 45.7. The van der Waals surface area contributed by atoms with E-state index in [1.165, 1.54) is 0 Å². The fraction of sp³-hybridized carbons (Fsp3) is 0.0308. The summed E-state index contributed by atoms with van der Waals surface area (Å²) in [7, 11) is -7.25. The number of sulfone groups is 2. The van der Waals surface area contributed by atoms with Gasteiger partial charge in [0.2, 0.25) is 19.7 Å². The van der Waals surface area contributed by atoms with Crippen molar-refractivity contribution in [2.24, 2.45) is 0 Å². The van der Waals surface area contributed by atoms with Crippen molar-refractivity contribution in [3.05, 3.63) is 294 Å². The third-order valence-electron chi connectivity index (χ3n) is 15.7. The molecule has 376 valence electrons. The van der Waals surface area contributed by atoms with Crippen LogP contribution in [-0.4, -0.2) is 21.8 Å². The molecule has 78 heavy (non-hydrogen) atoms. The van der Waals surface area contributed by atoms with E-state index >= 15 is 0 Å². The third kappa shape index (κ3) is 6.16. The van der Waals surface area contributed by atoms with Crippen LogP contribution in [0.5, 0.6) is 0 Å². The lowest BCUT2D eigenvalue weighted by atomic mass is 9.65. The Hall–Kier alpha value is -9.69. The van der Waals surface area contributed by atoms with Crippen LogP contribution in [-0.2, 0) is 30.5 Å². The molecule has 7 heterocycles. The van der Waals surface area contributed by atoms with Gasteiger partial charge >= 0.3 is 0 Å². The topological polar surface area (TPSA) is 140 Å². The van der Waals surface area contributed by atoms with Gasteiger partial charge in [-0.3, -0.25) is 4.90 Å². The molecule has 5 aromatic heterocycles. The average molecular weight is 1060 g/mol. The maximum Gasteiger partial charge on any atom is 0.206 e. The molecule has 0 unspecified atom stereocenters. The van der Waals surface area contributed by atoms with Gasteiger partial charge in [-0.25, -0.2) is 21.8 Å². The molecule has 0 N–H and O–H groups in total. The highest BCUT2D eigenvalue weighted by atomic mass is 32.2. The van der Waals surface area contributed by atoms with Crippen LogP contribution in [0.3, 0.4) is 0 Å². The summed E-state index contributed by atoms with van der Waals surface area (Å²) in [6, 6.07) is 68.2. The molecular weight excluding hydrogens is 1010 g/mol. The number of anilines is 6. The second-order valence-electron chi connectivity index (χ2n) is 19.4. The smallest absolute Gasteiger partial charge is 0.206 e. The summed E-state index contributed by atoms with van der Waals surface area (Å²) in [6.45, 7) is 0. The molecule has 16 rings (SSSR count). The predicted octanol–water partition coefficient (Wildman–Crippen LogP) is 15.1. The van der Waals surface area contributed by atoms with Crippen LogP contribution < -0.4 is 9.80 Å². The van der Waals surface area contributed by atoms with Crippen LogP contribution in [0.4, 0.5) is 34.3 Å². The van der Waals surface area contributed by atoms with Crippen molar-refractivity contribution in [1.29, 1.82) is 0 Å². The highest BCUT2D eigenvalue weighted by Gasteiger charge is 2.56. The number of hydrogen-bond donors (Lipinski definition) is 0. The van der Waals surface area contributed by atoms with Gasteiger partial charge in [-0.15, -0.1) is 0 Å². The Bertz CT molecular complexity index is 4090. The number of benzene rings is 7. The zero-order chi connectivity index (χ0) is 52.4. The Morgan fingerprint density at radius 2 is 0.628 bits per heavy atom. The molecule has 0 saturated carbocycles. The molecule has 2 aliphatic heterocycles. The Labute approximate surface area is 448 Å². The molecule has 0 bridgehead atoms. The van der Waals surface area contributed by atoms with E-state index < -0.39 is 30.5 Å². The number of pyridine rings is 1. The first-order chi connectivity index (χ1) is 38.2. The van der Waals surface area contributed by atoms with Crippen molar-refractivity contribution in [2.45, 2.75) is 30.4 Å². The molecule has 13 heteroatoms. The molecular formula is C65H41N3O8S2. The van der Waals surface area contributed by atoms with Crippen molar-refractivity contribution in [2.75, 3.05) is 9.80 Å². The Morgan fingerprint density at radius 3 is 1.04 bits per heavy atom. The Morgan fingerprint density at radius 1 is 0.308 bits per heavy atom. The predicted molar refractivity (Wildman–Crippen MR) is 295 cm³/mol. The second kappa shape index (κ2) is 16.9. The SMILES string of the molecule is O=S(=O)(c1ccccc1)c1ccc(N2c3ccccc3C3(c4ccccc42)c2ccoc2-c2occc23)cc1.O=S(=O)(c1ccccc1)c1ccc(N2c3ccccc3C3(c4cccnc42)c2ccoc2-c2occc23)cc1. The number of hydrogen-bond acceptors (Lipinski definition) is 11. The third-order valence-corrected chi connectivity index (χ3v) is 19.2. The van der Waals surface area contributed by atoms with E-state index in [0.717, 1.165) is 102 Å². The summed E-state index contributed by atoms with van der Waals surface area (Å²) in [6.07, 6.45) is 8.63. The van der Waals surface area contributed by atoms with Gasteiger partial charge in [-0.1, -0.05) is 97.1 Å². The average Bonchev–Trinajstić information content (AvgIpc) is 4.51. The molecule has 0 radical (unpaired) electrons. The van der Waals surface area contributed by atoms with Crippen molar-refractivity contribution in [1.82, 2.24) is 4.98 Å². The minimum atomic E-state index is -3.63. The lowest BCUT2D eigenvalue weighted by Gasteiger charge is -2.44. The lowest BCUT2D eigenvalue weighted by molar-refractivity contribution is 0.525. The zero-order valence-corrected chi connectivity index (χ0v) is 42.7. The Kier molecular flexibility index (Phi) is 9.90. The van der Waals surface area contributed by atoms with E-state index in [9.17, 15) is 16.8 Å². The quantitative estimate of drug-likeness (QED) is 0.157. The van der Waals surface area contributed by atoms with Crippen molar-refractivity contribution >= 4 is 53.9 Å². The highest BCUT2D eigenvalue weighted by molar-refractivity contribution is 7.91. The first-order valence-corrected chi connectivity index (χ1v) is 28.2. The molecule has 2 aliphatic carbocycles. The van der Waals surface area contributed by atoms with Crippen LogP contribution >= 0.6 is 0 Å². The van der Waals surface area contributed by atoms with Crippen molar-refractivity contribution in [3.63, 3.8) is 0 Å². The van der Waals surface area contributed by atoms with Crippen LogP contribution in [0.2, 0.25) is 0 Å². The number of para-hydroxylation sites is 3. The summed E-state index contributed by atoms with van der Waals surface area (Å²) in [5.74, 6) is 3.72. The highest BCUT2D eigenvalue weighted by Crippen LogP contribution is 2.65. The molecule has 0 fully saturated rings. The summed E-state index contributed by atoms with van der Waals surface area (Å²) in [5.41, 5.74) is 11.8. The molecule has 0 saturated heterocycles. The van der Waals surface area contributed by atoms with Crippen LogP contribution in [0, 0.1) is 0 Å². The van der Waals surface area contributed by atoms with Gasteiger partial charge < -0.3 is 22.6 Å². The monoisotopic (exact) mass is 1060 g/mol. The molecule has 4 aliphatic rings. The molecule has 0 atom stereocenters. The van der Waals surface area contributed by atoms with Crippen LogP contribution in [0.15, 0.2) is 287 Å². The van der Waals surface area contributed by atoms with Gasteiger partial charge in [0.25, 0.3) is 0 Å². The number of furan rings is 4. The first-order valence-electron chi connectivity index (χ1n) is 25.2. The zero-order valence-electron chi connectivity index (χ0n) is 41.1. The number of nitrogens with zero attached hydrogens (tertiary/aromatic N) is 3.